The highest BCUT2D eigenvalue weighted by atomic mass is 35.5. The lowest BCUT2D eigenvalue weighted by molar-refractivity contribution is 0.599. The third-order valence-corrected chi connectivity index (χ3v) is 3.76. The average molecular weight is 216 g/mol. The Balaban J connectivity index is 2.90. The second-order valence-corrected chi connectivity index (χ2v) is 4.71. The molecule has 0 N–H and O–H groups in total. The van der Waals surface area contributed by atoms with Crippen LogP contribution < -0.4 is 0 Å². The highest BCUT2D eigenvalue weighted by Crippen LogP contribution is 2.30. The van der Waals surface area contributed by atoms with Gasteiger partial charge in [0.05, 0.1) is 0 Å². The predicted molar refractivity (Wildman–Crippen MR) is 50.8 cm³/mol. The molecule has 0 aliphatic carbocycles. The van der Waals surface area contributed by atoms with Crippen molar-refractivity contribution in [3.63, 3.8) is 0 Å². The molecule has 1 heterocycles. The lowest BCUT2D eigenvalue weighted by Crippen LogP contribution is -1.96. The lowest BCUT2D eigenvalue weighted by Gasteiger charge is -1.99. The Morgan fingerprint density at radius 1 is 1.38 bits per heavy atom. The molecule has 0 bridgehead atoms. The van der Waals surface area contributed by atoms with Crippen molar-refractivity contribution in [2.75, 3.05) is 0 Å². The van der Waals surface area contributed by atoms with Crippen molar-refractivity contribution in [2.24, 2.45) is 4.40 Å². The minimum atomic E-state index is -3.53. The first-order valence-corrected chi connectivity index (χ1v) is 5.44. The van der Waals surface area contributed by atoms with Crippen molar-refractivity contribution in [3.8, 4) is 0 Å². The van der Waals surface area contributed by atoms with Gasteiger partial charge in [-0.3, -0.25) is 0 Å². The largest absolute Gasteiger partial charge is 0.284 e. The second kappa shape index (κ2) is 2.56. The van der Waals surface area contributed by atoms with Gasteiger partial charge in [-0.2, -0.15) is 8.42 Å². The van der Waals surface area contributed by atoms with Crippen LogP contribution in [-0.4, -0.2) is 13.6 Å². The highest BCUT2D eigenvalue weighted by Gasteiger charge is 2.29. The van der Waals surface area contributed by atoms with Gasteiger partial charge in [-0.1, -0.05) is 29.8 Å². The molecule has 0 saturated heterocycles. The van der Waals surface area contributed by atoms with Crippen LogP contribution in [0.4, 0.5) is 0 Å². The zero-order valence-corrected chi connectivity index (χ0v) is 8.35. The molecule has 68 valence electrons. The number of hydrogen-bond acceptors (Lipinski definition) is 2. The number of nitrogens with zero attached hydrogens (tertiary/aromatic N) is 1. The van der Waals surface area contributed by atoms with E-state index < -0.39 is 10.0 Å². The number of hydrogen-bond donors (Lipinski definition) is 0. The number of sulfonamides is 1. The zero-order valence-electron chi connectivity index (χ0n) is 6.78. The predicted octanol–water partition coefficient (Wildman–Crippen LogP) is 1.68. The van der Waals surface area contributed by atoms with Gasteiger partial charge in [-0.25, -0.2) is 0 Å². The van der Waals surface area contributed by atoms with Crippen LogP contribution in [0.1, 0.15) is 11.1 Å². The van der Waals surface area contributed by atoms with Gasteiger partial charge in [0.2, 0.25) is 0 Å². The maximum Gasteiger partial charge on any atom is 0.284 e. The van der Waals surface area contributed by atoms with E-state index in [4.69, 9.17) is 11.6 Å². The van der Waals surface area contributed by atoms with Crippen molar-refractivity contribution >= 4 is 26.8 Å². The van der Waals surface area contributed by atoms with Crippen molar-refractivity contribution < 1.29 is 8.42 Å². The van der Waals surface area contributed by atoms with Crippen LogP contribution in [0.25, 0.3) is 0 Å². The number of halogens is 1. The standard InChI is InChI=1S/C8H6ClNO2S/c1-5-3-2-4-6-7(5)13(11,12)10-8(6)9/h2-4H,1H3. The van der Waals surface area contributed by atoms with E-state index in [9.17, 15) is 8.42 Å². The average Bonchev–Trinajstić information content (AvgIpc) is 2.24. The summed E-state index contributed by atoms with van der Waals surface area (Å²) in [6.07, 6.45) is 0. The van der Waals surface area contributed by atoms with E-state index in [1.807, 2.05) is 0 Å². The van der Waals surface area contributed by atoms with E-state index in [2.05, 4.69) is 4.40 Å². The summed E-state index contributed by atoms with van der Waals surface area (Å²) in [6.45, 7) is 1.72. The van der Waals surface area contributed by atoms with E-state index in [1.165, 1.54) is 0 Å². The van der Waals surface area contributed by atoms with E-state index in [0.29, 0.717) is 11.1 Å². The molecule has 0 aromatic heterocycles. The molecule has 0 amide bonds. The molecule has 0 saturated carbocycles. The minimum absolute atomic E-state index is 0.0544. The van der Waals surface area contributed by atoms with Gasteiger partial charge < -0.3 is 0 Å². The molecule has 13 heavy (non-hydrogen) atoms. The third kappa shape index (κ3) is 1.17. The van der Waals surface area contributed by atoms with Gasteiger partial charge in [0, 0.05) is 5.56 Å². The molecule has 1 aromatic rings. The summed E-state index contributed by atoms with van der Waals surface area (Å²) in [5.74, 6) is 0. The van der Waals surface area contributed by atoms with Gasteiger partial charge in [-0.15, -0.1) is 4.40 Å². The molecule has 3 nitrogen and oxygen atoms in total. The molecular formula is C8H6ClNO2S. The topological polar surface area (TPSA) is 46.5 Å². The van der Waals surface area contributed by atoms with E-state index in [-0.39, 0.29) is 10.1 Å². The molecule has 0 unspecified atom stereocenters. The number of rotatable bonds is 0. The van der Waals surface area contributed by atoms with Crippen molar-refractivity contribution in [2.45, 2.75) is 11.8 Å². The molecule has 0 radical (unpaired) electrons. The molecule has 1 aliphatic heterocycles. The molecule has 2 rings (SSSR count). The first-order chi connectivity index (χ1) is 6.02. The van der Waals surface area contributed by atoms with Crippen LogP contribution >= 0.6 is 11.6 Å². The van der Waals surface area contributed by atoms with Crippen LogP contribution in [0.2, 0.25) is 0 Å². The fourth-order valence-electron chi connectivity index (χ4n) is 1.36. The minimum Gasteiger partial charge on any atom is -0.199 e. The summed E-state index contributed by atoms with van der Waals surface area (Å²) < 4.78 is 26.2. The molecular weight excluding hydrogens is 210 g/mol. The summed E-state index contributed by atoms with van der Waals surface area (Å²) in [7, 11) is -3.53. The zero-order chi connectivity index (χ0) is 9.64. The van der Waals surface area contributed by atoms with Crippen LogP contribution in [0, 0.1) is 6.92 Å². The Morgan fingerprint density at radius 2 is 2.08 bits per heavy atom. The Morgan fingerprint density at radius 3 is 2.69 bits per heavy atom. The number of aryl methyl sites for hydroxylation is 1. The number of fused-ring (bicyclic) bond motifs is 1. The lowest BCUT2D eigenvalue weighted by atomic mass is 10.1. The SMILES string of the molecule is Cc1cccc2c1S(=O)(=O)N=C2Cl. The molecule has 5 heteroatoms. The fraction of sp³-hybridized carbons (Fsp3) is 0.125. The molecule has 1 aromatic carbocycles. The first kappa shape index (κ1) is 8.72. The first-order valence-electron chi connectivity index (χ1n) is 3.63. The third-order valence-electron chi connectivity index (χ3n) is 1.89. The van der Waals surface area contributed by atoms with Gasteiger partial charge in [0.25, 0.3) is 10.0 Å². The quantitative estimate of drug-likeness (QED) is 0.661. The Hall–Kier alpha value is -0.870. The van der Waals surface area contributed by atoms with Gasteiger partial charge >= 0.3 is 0 Å². The van der Waals surface area contributed by atoms with E-state index in [1.54, 1.807) is 25.1 Å². The van der Waals surface area contributed by atoms with E-state index in [0.717, 1.165) is 0 Å². The van der Waals surface area contributed by atoms with Crippen molar-refractivity contribution in [3.05, 3.63) is 29.3 Å². The summed E-state index contributed by atoms with van der Waals surface area (Å²) >= 11 is 5.67. The van der Waals surface area contributed by atoms with Gasteiger partial charge in [-0.05, 0) is 12.5 Å². The van der Waals surface area contributed by atoms with Crippen molar-refractivity contribution in [1.82, 2.24) is 0 Å². The monoisotopic (exact) mass is 215 g/mol. The normalized spacial score (nSPS) is 18.2. The van der Waals surface area contributed by atoms with Crippen LogP contribution in [0.5, 0.6) is 0 Å². The highest BCUT2D eigenvalue weighted by molar-refractivity contribution is 7.91. The molecule has 0 spiro atoms. The molecule has 1 aliphatic rings. The molecule has 0 fully saturated rings. The summed E-state index contributed by atoms with van der Waals surface area (Å²) in [5, 5.41) is 0.0544. The molecule has 0 atom stereocenters. The Kier molecular flexibility index (Phi) is 1.72. The van der Waals surface area contributed by atoms with Gasteiger partial charge in [0.15, 0.2) is 5.17 Å². The smallest absolute Gasteiger partial charge is 0.199 e. The number of benzene rings is 1. The maximum atomic E-state index is 11.4. The maximum absolute atomic E-state index is 11.4. The van der Waals surface area contributed by atoms with Gasteiger partial charge in [0.1, 0.15) is 4.90 Å². The Labute approximate surface area is 81.1 Å². The van der Waals surface area contributed by atoms with E-state index >= 15 is 0 Å². The van der Waals surface area contributed by atoms with Crippen molar-refractivity contribution in [1.29, 1.82) is 0 Å². The Bertz CT molecular complexity index is 505. The van der Waals surface area contributed by atoms with Crippen LogP contribution in [-0.2, 0) is 10.0 Å². The summed E-state index contributed by atoms with van der Waals surface area (Å²) in [4.78, 5) is 0.236. The second-order valence-electron chi connectivity index (χ2n) is 2.81. The summed E-state index contributed by atoms with van der Waals surface area (Å²) in [5.41, 5.74) is 1.18. The summed E-state index contributed by atoms with van der Waals surface area (Å²) in [6, 6.07) is 5.13. The van der Waals surface area contributed by atoms with Crippen LogP contribution in [0.3, 0.4) is 0 Å². The fourth-order valence-corrected chi connectivity index (χ4v) is 3.16. The van der Waals surface area contributed by atoms with Crippen LogP contribution in [0.15, 0.2) is 27.5 Å².